The number of piperazine rings is 1. The van der Waals surface area contributed by atoms with Gasteiger partial charge in [-0.25, -0.2) is 13.4 Å². The molecule has 29 heavy (non-hydrogen) atoms. The van der Waals surface area contributed by atoms with Crippen LogP contribution in [0.2, 0.25) is 0 Å². The lowest BCUT2D eigenvalue weighted by molar-refractivity contribution is 0.388. The van der Waals surface area contributed by atoms with E-state index in [0.29, 0.717) is 32.0 Å². The summed E-state index contributed by atoms with van der Waals surface area (Å²) in [4.78, 5) is 6.04. The molecule has 1 saturated heterocycles. The normalized spacial score (nSPS) is 15.8. The number of aryl methyl sites for hydroxylation is 1. The predicted molar refractivity (Wildman–Crippen MR) is 112 cm³/mol. The molecule has 150 valence electrons. The summed E-state index contributed by atoms with van der Waals surface area (Å²) >= 11 is 0. The van der Waals surface area contributed by atoms with Crippen molar-refractivity contribution in [1.29, 1.82) is 0 Å². The van der Waals surface area contributed by atoms with Crippen molar-refractivity contribution in [2.45, 2.75) is 6.92 Å². The first-order valence-electron chi connectivity index (χ1n) is 9.33. The van der Waals surface area contributed by atoms with Gasteiger partial charge in [0, 0.05) is 44.0 Å². The molecule has 1 aliphatic heterocycles. The molecule has 9 heteroatoms. The molecule has 0 aliphatic carbocycles. The lowest BCUT2D eigenvalue weighted by atomic mass is 10.2. The summed E-state index contributed by atoms with van der Waals surface area (Å²) in [5.74, 6) is 1.43. The molecule has 8 nitrogen and oxygen atoms in total. The summed E-state index contributed by atoms with van der Waals surface area (Å²) in [6.07, 6.45) is 6.79. The number of rotatable bonds is 5. The number of sulfonamides is 1. The number of imidazole rings is 1. The predicted octanol–water partition coefficient (Wildman–Crippen LogP) is 2.09. The van der Waals surface area contributed by atoms with E-state index >= 15 is 0 Å². The maximum atomic E-state index is 12.6. The van der Waals surface area contributed by atoms with Gasteiger partial charge in [0.1, 0.15) is 6.33 Å². The van der Waals surface area contributed by atoms with Crippen molar-refractivity contribution in [3.05, 3.63) is 71.7 Å². The first-order valence-corrected chi connectivity index (χ1v) is 10.8. The van der Waals surface area contributed by atoms with Gasteiger partial charge in [-0.2, -0.15) is 4.31 Å². The third-order valence-electron chi connectivity index (χ3n) is 4.84. The first kappa shape index (κ1) is 19.3. The van der Waals surface area contributed by atoms with Crippen LogP contribution in [0.4, 0.5) is 5.82 Å². The molecule has 0 radical (unpaired) electrons. The standard InChI is InChI=1S/C20H22N6O2S/c1-17-2-4-18(5-3-17)8-15-29(27,28)26-13-11-24(12-14-26)19-6-7-20(23-22-19)25-10-9-21-16-25/h2-10,15-16H,11-14H2,1H3/b15-8+. The molecule has 0 spiro atoms. The smallest absolute Gasteiger partial charge is 0.236 e. The van der Waals surface area contributed by atoms with Crippen molar-refractivity contribution < 1.29 is 8.42 Å². The SMILES string of the molecule is Cc1ccc(/C=C/S(=O)(=O)N2CCN(c3ccc(-n4ccnc4)nn3)CC2)cc1. The fourth-order valence-corrected chi connectivity index (χ4v) is 4.29. The van der Waals surface area contributed by atoms with Crippen molar-refractivity contribution in [3.8, 4) is 5.82 Å². The largest absolute Gasteiger partial charge is 0.352 e. The molecule has 0 saturated carbocycles. The van der Waals surface area contributed by atoms with Gasteiger partial charge in [-0.3, -0.25) is 4.57 Å². The van der Waals surface area contributed by atoms with Gasteiger partial charge < -0.3 is 4.90 Å². The average molecular weight is 411 g/mol. The fourth-order valence-electron chi connectivity index (χ4n) is 3.12. The maximum Gasteiger partial charge on any atom is 0.236 e. The number of hydrogen-bond donors (Lipinski definition) is 0. The molecular weight excluding hydrogens is 388 g/mol. The van der Waals surface area contributed by atoms with Crippen LogP contribution in [0.3, 0.4) is 0 Å². The second kappa shape index (κ2) is 8.14. The molecule has 2 aromatic heterocycles. The van der Waals surface area contributed by atoms with E-state index in [2.05, 4.69) is 15.2 Å². The zero-order valence-electron chi connectivity index (χ0n) is 16.1. The zero-order chi connectivity index (χ0) is 20.3. The Balaban J connectivity index is 1.37. The van der Waals surface area contributed by atoms with Gasteiger partial charge >= 0.3 is 0 Å². The van der Waals surface area contributed by atoms with Gasteiger partial charge in [0.2, 0.25) is 10.0 Å². The number of nitrogens with zero attached hydrogens (tertiary/aromatic N) is 6. The number of hydrogen-bond acceptors (Lipinski definition) is 6. The Morgan fingerprint density at radius 2 is 1.62 bits per heavy atom. The molecular formula is C20H22N6O2S. The molecule has 3 aromatic rings. The molecule has 4 rings (SSSR count). The highest BCUT2D eigenvalue weighted by Gasteiger charge is 2.25. The second-order valence-corrected chi connectivity index (χ2v) is 8.68. The highest BCUT2D eigenvalue weighted by atomic mass is 32.2. The van der Waals surface area contributed by atoms with Crippen molar-refractivity contribution in [2.24, 2.45) is 0 Å². The van der Waals surface area contributed by atoms with E-state index in [1.165, 1.54) is 9.71 Å². The second-order valence-electron chi connectivity index (χ2n) is 6.86. The Hall–Kier alpha value is -3.04. The van der Waals surface area contributed by atoms with Gasteiger partial charge in [0.25, 0.3) is 0 Å². The van der Waals surface area contributed by atoms with E-state index in [1.54, 1.807) is 29.4 Å². The van der Waals surface area contributed by atoms with Crippen LogP contribution in [0.1, 0.15) is 11.1 Å². The van der Waals surface area contributed by atoms with Gasteiger partial charge in [0.05, 0.1) is 0 Å². The van der Waals surface area contributed by atoms with E-state index in [-0.39, 0.29) is 0 Å². The molecule has 0 amide bonds. The molecule has 1 aliphatic rings. The Kier molecular flexibility index (Phi) is 5.41. The molecule has 1 aromatic carbocycles. The summed E-state index contributed by atoms with van der Waals surface area (Å²) in [6, 6.07) is 11.5. The summed E-state index contributed by atoms with van der Waals surface area (Å²) in [7, 11) is -3.45. The molecule has 0 unspecified atom stereocenters. The average Bonchev–Trinajstić information content (AvgIpc) is 3.29. The third-order valence-corrected chi connectivity index (χ3v) is 6.40. The van der Waals surface area contributed by atoms with Gasteiger partial charge in [-0.15, -0.1) is 10.2 Å². The monoisotopic (exact) mass is 410 g/mol. The minimum absolute atomic E-state index is 0.408. The summed E-state index contributed by atoms with van der Waals surface area (Å²) in [6.45, 7) is 3.95. The molecule has 0 N–H and O–H groups in total. The van der Waals surface area contributed by atoms with E-state index in [4.69, 9.17) is 0 Å². The van der Waals surface area contributed by atoms with Gasteiger partial charge in [-0.05, 0) is 30.7 Å². The molecule has 1 fully saturated rings. The molecule has 3 heterocycles. The Bertz CT molecular complexity index is 1070. The fraction of sp³-hybridized carbons (Fsp3) is 0.250. The Morgan fingerprint density at radius 3 is 2.24 bits per heavy atom. The van der Waals surface area contributed by atoms with Crippen molar-refractivity contribution in [1.82, 2.24) is 24.1 Å². The molecule has 0 atom stereocenters. The van der Waals surface area contributed by atoms with Gasteiger partial charge in [-0.1, -0.05) is 29.8 Å². The van der Waals surface area contributed by atoms with Crippen LogP contribution in [-0.2, 0) is 10.0 Å². The minimum Gasteiger partial charge on any atom is -0.352 e. The van der Waals surface area contributed by atoms with Crippen molar-refractivity contribution >= 4 is 21.9 Å². The van der Waals surface area contributed by atoms with Crippen molar-refractivity contribution in [3.63, 3.8) is 0 Å². The summed E-state index contributed by atoms with van der Waals surface area (Å²) in [5, 5.41) is 9.78. The number of benzene rings is 1. The van der Waals surface area contributed by atoms with E-state index in [1.807, 2.05) is 48.2 Å². The van der Waals surface area contributed by atoms with Gasteiger partial charge in [0.15, 0.2) is 11.6 Å². The quantitative estimate of drug-likeness (QED) is 0.640. The van der Waals surface area contributed by atoms with Crippen LogP contribution in [0.25, 0.3) is 11.9 Å². The summed E-state index contributed by atoms with van der Waals surface area (Å²) in [5.41, 5.74) is 2.01. The zero-order valence-corrected chi connectivity index (χ0v) is 16.9. The van der Waals surface area contributed by atoms with Crippen LogP contribution >= 0.6 is 0 Å². The highest BCUT2D eigenvalue weighted by molar-refractivity contribution is 7.92. The van der Waals surface area contributed by atoms with Crippen molar-refractivity contribution in [2.75, 3.05) is 31.1 Å². The lowest BCUT2D eigenvalue weighted by Crippen LogP contribution is -2.48. The van der Waals surface area contributed by atoms with Crippen LogP contribution in [0.15, 0.2) is 60.5 Å². The first-order chi connectivity index (χ1) is 14.0. The highest BCUT2D eigenvalue weighted by Crippen LogP contribution is 2.17. The number of anilines is 1. The summed E-state index contributed by atoms with van der Waals surface area (Å²) < 4.78 is 28.5. The molecule has 0 bridgehead atoms. The minimum atomic E-state index is -3.45. The number of aromatic nitrogens is 4. The van der Waals surface area contributed by atoms with Crippen LogP contribution in [0, 0.1) is 6.92 Å². The van der Waals surface area contributed by atoms with Crippen LogP contribution in [-0.4, -0.2) is 58.7 Å². The lowest BCUT2D eigenvalue weighted by Gasteiger charge is -2.33. The van der Waals surface area contributed by atoms with E-state index in [9.17, 15) is 8.42 Å². The van der Waals surface area contributed by atoms with E-state index in [0.717, 1.165) is 16.9 Å². The van der Waals surface area contributed by atoms with E-state index < -0.39 is 10.0 Å². The topological polar surface area (TPSA) is 84.2 Å². The van der Waals surface area contributed by atoms with Crippen LogP contribution in [0.5, 0.6) is 0 Å². The third kappa shape index (κ3) is 4.52. The maximum absolute atomic E-state index is 12.6. The Labute approximate surface area is 170 Å². The Morgan fingerprint density at radius 1 is 0.931 bits per heavy atom. The van der Waals surface area contributed by atoms with Crippen LogP contribution < -0.4 is 4.90 Å².